The van der Waals surface area contributed by atoms with Crippen LogP contribution in [0.5, 0.6) is 5.75 Å². The number of hydrogen-bond donors (Lipinski definition) is 0. The summed E-state index contributed by atoms with van der Waals surface area (Å²) in [4.78, 5) is 13.7. The highest BCUT2D eigenvalue weighted by Gasteiger charge is 2.13. The number of nitrogens with zero attached hydrogens (tertiary/aromatic N) is 3. The van der Waals surface area contributed by atoms with Gasteiger partial charge in [-0.2, -0.15) is 0 Å². The number of amides is 1. The Kier molecular flexibility index (Phi) is 6.91. The summed E-state index contributed by atoms with van der Waals surface area (Å²) in [5.41, 5.74) is 0. The van der Waals surface area contributed by atoms with E-state index in [0.29, 0.717) is 24.2 Å². The second kappa shape index (κ2) is 8.93. The summed E-state index contributed by atoms with van der Waals surface area (Å²) >= 11 is 4.60. The van der Waals surface area contributed by atoms with Crippen LogP contribution in [0.3, 0.4) is 0 Å². The van der Waals surface area contributed by atoms with Crippen molar-refractivity contribution in [3.8, 4) is 5.75 Å². The lowest BCUT2D eigenvalue weighted by atomic mass is 10.3. The molecule has 0 aliphatic heterocycles. The van der Waals surface area contributed by atoms with Gasteiger partial charge in [0.25, 0.3) is 11.1 Å². The van der Waals surface area contributed by atoms with E-state index in [9.17, 15) is 4.79 Å². The van der Waals surface area contributed by atoms with E-state index in [4.69, 9.17) is 9.15 Å². The molecule has 6 nitrogen and oxygen atoms in total. The number of ether oxygens (including phenoxy) is 1. The molecule has 1 heterocycles. The molecule has 0 spiro atoms. The molecule has 0 atom stereocenters. The monoisotopic (exact) mass is 399 g/mol. The Bertz CT molecular complexity index is 629. The summed E-state index contributed by atoms with van der Waals surface area (Å²) in [6.45, 7) is 5.50. The number of carbonyl (C=O) groups excluding carboxylic acids is 1. The Balaban J connectivity index is 1.81. The lowest BCUT2D eigenvalue weighted by molar-refractivity contribution is -0.127. The van der Waals surface area contributed by atoms with E-state index in [1.165, 1.54) is 11.8 Å². The second-order valence-electron chi connectivity index (χ2n) is 4.56. The summed E-state index contributed by atoms with van der Waals surface area (Å²) in [7, 11) is 0. The Hall–Kier alpha value is -1.54. The van der Waals surface area contributed by atoms with E-state index in [-0.39, 0.29) is 18.3 Å². The lowest BCUT2D eigenvalue weighted by Gasteiger charge is -2.17. The molecule has 8 heteroatoms. The maximum Gasteiger partial charge on any atom is 0.277 e. The zero-order valence-electron chi connectivity index (χ0n) is 13.0. The summed E-state index contributed by atoms with van der Waals surface area (Å²) in [6.07, 6.45) is 0. The van der Waals surface area contributed by atoms with Crippen molar-refractivity contribution in [1.82, 2.24) is 15.1 Å². The predicted octanol–water partition coefficient (Wildman–Crippen LogP) is 3.37. The molecule has 1 amide bonds. The fourth-order valence-corrected chi connectivity index (χ4v) is 2.77. The molecule has 0 saturated heterocycles. The number of carbonyl (C=O) groups is 1. The first-order valence-electron chi connectivity index (χ1n) is 7.23. The number of hydrogen-bond acceptors (Lipinski definition) is 6. The van der Waals surface area contributed by atoms with E-state index in [1.807, 2.05) is 38.1 Å². The van der Waals surface area contributed by atoms with Crippen molar-refractivity contribution in [1.29, 1.82) is 0 Å². The van der Waals surface area contributed by atoms with E-state index >= 15 is 0 Å². The zero-order chi connectivity index (χ0) is 16.7. The summed E-state index contributed by atoms with van der Waals surface area (Å²) in [5, 5.41) is 8.20. The van der Waals surface area contributed by atoms with Gasteiger partial charge in [-0.25, -0.2) is 0 Å². The molecule has 0 radical (unpaired) electrons. The molecule has 0 fully saturated rings. The molecule has 0 aliphatic rings. The van der Waals surface area contributed by atoms with Crippen molar-refractivity contribution in [2.75, 3.05) is 18.8 Å². The van der Waals surface area contributed by atoms with Crippen LogP contribution < -0.4 is 4.74 Å². The minimum absolute atomic E-state index is 0.0610. The zero-order valence-corrected chi connectivity index (χ0v) is 15.4. The average molecular weight is 400 g/mol. The van der Waals surface area contributed by atoms with Crippen molar-refractivity contribution in [3.63, 3.8) is 0 Å². The van der Waals surface area contributed by atoms with Gasteiger partial charge in [0.1, 0.15) is 5.75 Å². The SMILES string of the molecule is CCN(CC)C(=O)CSc1nnc(COc2ccc(Br)cc2)o1. The third-order valence-electron chi connectivity index (χ3n) is 3.06. The van der Waals surface area contributed by atoms with Crippen molar-refractivity contribution in [2.24, 2.45) is 0 Å². The van der Waals surface area contributed by atoms with Gasteiger partial charge in [0, 0.05) is 17.6 Å². The fraction of sp³-hybridized carbons (Fsp3) is 0.400. The third-order valence-corrected chi connectivity index (χ3v) is 4.39. The van der Waals surface area contributed by atoms with Crippen LogP contribution in [-0.2, 0) is 11.4 Å². The van der Waals surface area contributed by atoms with Crippen LogP contribution in [0, 0.1) is 0 Å². The highest BCUT2D eigenvalue weighted by Crippen LogP contribution is 2.19. The molecule has 0 saturated carbocycles. The van der Waals surface area contributed by atoms with Crippen molar-refractivity contribution in [2.45, 2.75) is 25.7 Å². The Morgan fingerprint density at radius 2 is 1.96 bits per heavy atom. The van der Waals surface area contributed by atoms with Gasteiger partial charge in [0.15, 0.2) is 6.61 Å². The predicted molar refractivity (Wildman–Crippen MR) is 91.4 cm³/mol. The number of aromatic nitrogens is 2. The molecule has 124 valence electrons. The van der Waals surface area contributed by atoms with Gasteiger partial charge in [-0.3, -0.25) is 4.79 Å². The summed E-state index contributed by atoms with van der Waals surface area (Å²) < 4.78 is 12.0. The topological polar surface area (TPSA) is 68.5 Å². The van der Waals surface area contributed by atoms with Crippen LogP contribution in [0.25, 0.3) is 0 Å². The van der Waals surface area contributed by atoms with E-state index < -0.39 is 0 Å². The van der Waals surface area contributed by atoms with Gasteiger partial charge in [-0.15, -0.1) is 10.2 Å². The van der Waals surface area contributed by atoms with Crippen LogP contribution in [0.1, 0.15) is 19.7 Å². The first-order chi connectivity index (χ1) is 11.1. The molecular weight excluding hydrogens is 382 g/mol. The Morgan fingerprint density at radius 1 is 1.26 bits per heavy atom. The van der Waals surface area contributed by atoms with Crippen LogP contribution in [0.15, 0.2) is 38.4 Å². The van der Waals surface area contributed by atoms with E-state index in [0.717, 1.165) is 10.2 Å². The number of thioether (sulfide) groups is 1. The largest absolute Gasteiger partial charge is 0.484 e. The van der Waals surface area contributed by atoms with Crippen LogP contribution in [0.2, 0.25) is 0 Å². The van der Waals surface area contributed by atoms with Crippen molar-refractivity contribution >= 4 is 33.6 Å². The second-order valence-corrected chi connectivity index (χ2v) is 6.40. The average Bonchev–Trinajstić information content (AvgIpc) is 3.01. The maximum absolute atomic E-state index is 11.9. The van der Waals surface area contributed by atoms with E-state index in [1.54, 1.807) is 4.90 Å². The quantitative estimate of drug-likeness (QED) is 0.633. The van der Waals surface area contributed by atoms with Gasteiger partial charge in [0.2, 0.25) is 5.91 Å². The fourth-order valence-electron chi connectivity index (χ4n) is 1.82. The van der Waals surface area contributed by atoms with Crippen LogP contribution >= 0.6 is 27.7 Å². The number of rotatable bonds is 8. The van der Waals surface area contributed by atoms with Crippen LogP contribution in [-0.4, -0.2) is 39.8 Å². The van der Waals surface area contributed by atoms with Gasteiger partial charge < -0.3 is 14.1 Å². The van der Waals surface area contributed by atoms with Gasteiger partial charge in [-0.05, 0) is 38.1 Å². The van der Waals surface area contributed by atoms with Gasteiger partial charge in [0.05, 0.1) is 5.75 Å². The Labute approximate surface area is 147 Å². The highest BCUT2D eigenvalue weighted by molar-refractivity contribution is 9.10. The minimum atomic E-state index is 0.0610. The number of halogens is 1. The Morgan fingerprint density at radius 3 is 2.61 bits per heavy atom. The van der Waals surface area contributed by atoms with Gasteiger partial charge in [-0.1, -0.05) is 27.7 Å². The maximum atomic E-state index is 11.9. The number of benzene rings is 1. The molecular formula is C15H18BrN3O3S. The molecule has 2 rings (SSSR count). The van der Waals surface area contributed by atoms with Crippen molar-refractivity contribution in [3.05, 3.63) is 34.6 Å². The molecule has 2 aromatic rings. The highest BCUT2D eigenvalue weighted by atomic mass is 79.9. The molecule has 0 bridgehead atoms. The molecule has 1 aromatic heterocycles. The molecule has 0 unspecified atom stereocenters. The summed E-state index contributed by atoms with van der Waals surface area (Å²) in [6, 6.07) is 7.48. The molecule has 23 heavy (non-hydrogen) atoms. The first-order valence-corrected chi connectivity index (χ1v) is 9.01. The standard InChI is InChI=1S/C15H18BrN3O3S/c1-3-19(4-2)14(20)10-23-15-18-17-13(22-15)9-21-12-7-5-11(16)6-8-12/h5-8H,3-4,9-10H2,1-2H3. The van der Waals surface area contributed by atoms with Crippen LogP contribution in [0.4, 0.5) is 0 Å². The first kappa shape index (κ1) is 17.8. The minimum Gasteiger partial charge on any atom is -0.484 e. The van der Waals surface area contributed by atoms with E-state index in [2.05, 4.69) is 26.1 Å². The molecule has 0 aliphatic carbocycles. The molecule has 1 aromatic carbocycles. The smallest absolute Gasteiger partial charge is 0.277 e. The van der Waals surface area contributed by atoms with Gasteiger partial charge >= 0.3 is 0 Å². The lowest BCUT2D eigenvalue weighted by Crippen LogP contribution is -2.31. The normalized spacial score (nSPS) is 10.6. The summed E-state index contributed by atoms with van der Waals surface area (Å²) in [5.74, 6) is 1.45. The third kappa shape index (κ3) is 5.54. The molecule has 0 N–H and O–H groups in total. The van der Waals surface area contributed by atoms with Crippen molar-refractivity contribution < 1.29 is 13.9 Å².